The Morgan fingerprint density at radius 3 is 1.91 bits per heavy atom. The van der Waals surface area contributed by atoms with Crippen molar-refractivity contribution in [3.8, 4) is 0 Å². The van der Waals surface area contributed by atoms with Gasteiger partial charge in [-0.3, -0.25) is 0 Å². The highest BCUT2D eigenvalue weighted by Crippen LogP contribution is 2.27. The molecule has 1 saturated carbocycles. The van der Waals surface area contributed by atoms with E-state index in [1.165, 1.54) is 32.1 Å². The van der Waals surface area contributed by atoms with E-state index in [2.05, 4.69) is 0 Å². The molecule has 3 heteroatoms. The zero-order chi connectivity index (χ0) is 15.9. The molecule has 0 radical (unpaired) electrons. The van der Waals surface area contributed by atoms with Crippen LogP contribution in [0.5, 0.6) is 0 Å². The predicted octanol–water partition coefficient (Wildman–Crippen LogP) is 5.54. The lowest BCUT2D eigenvalue weighted by Gasteiger charge is -2.25. The molecule has 2 aromatic carbocycles. The zero-order valence-corrected chi connectivity index (χ0v) is 13.4. The highest BCUT2D eigenvalue weighted by Gasteiger charge is 2.21. The second-order valence-electron chi connectivity index (χ2n) is 6.09. The standard InChI is InChI=1S/C20H23NO2/c22-20(23-16-17-10-4-1-5-11-17)21(18-12-6-2-7-13-18)19-14-8-3-9-15-19/h2-3,6-9,12-15,17H,1,4-5,10-11,16H2. The number of hydrogen-bond donors (Lipinski definition) is 0. The van der Waals surface area contributed by atoms with Crippen LogP contribution in [0.3, 0.4) is 0 Å². The Hall–Kier alpha value is -2.29. The zero-order valence-electron chi connectivity index (χ0n) is 13.4. The van der Waals surface area contributed by atoms with Crippen LogP contribution >= 0.6 is 0 Å². The molecule has 0 spiro atoms. The fourth-order valence-electron chi connectivity index (χ4n) is 3.12. The molecule has 1 aliphatic rings. The van der Waals surface area contributed by atoms with E-state index < -0.39 is 0 Å². The molecule has 0 atom stereocenters. The molecular weight excluding hydrogens is 286 g/mol. The molecule has 3 nitrogen and oxygen atoms in total. The van der Waals surface area contributed by atoms with Crippen LogP contribution in [-0.2, 0) is 4.74 Å². The Kier molecular flexibility index (Phi) is 5.30. The van der Waals surface area contributed by atoms with Crippen molar-refractivity contribution in [2.75, 3.05) is 11.5 Å². The SMILES string of the molecule is O=C(OCC1CCCCC1)N(c1ccccc1)c1ccccc1. The van der Waals surface area contributed by atoms with Crippen LogP contribution in [0, 0.1) is 5.92 Å². The van der Waals surface area contributed by atoms with Crippen LogP contribution in [0.1, 0.15) is 32.1 Å². The van der Waals surface area contributed by atoms with Gasteiger partial charge in [0.25, 0.3) is 0 Å². The summed E-state index contributed by atoms with van der Waals surface area (Å²) in [5, 5.41) is 0. The monoisotopic (exact) mass is 309 g/mol. The van der Waals surface area contributed by atoms with Gasteiger partial charge in [0.1, 0.15) is 0 Å². The molecule has 3 rings (SSSR count). The molecule has 0 saturated heterocycles. The van der Waals surface area contributed by atoms with Gasteiger partial charge in [-0.1, -0.05) is 55.7 Å². The molecule has 0 aromatic heterocycles. The smallest absolute Gasteiger partial charge is 0.418 e. The second kappa shape index (κ2) is 7.82. The van der Waals surface area contributed by atoms with Crippen LogP contribution < -0.4 is 4.90 Å². The molecule has 0 aliphatic heterocycles. The van der Waals surface area contributed by atoms with Crippen molar-refractivity contribution < 1.29 is 9.53 Å². The quantitative estimate of drug-likeness (QED) is 0.742. The Bertz CT molecular complexity index is 567. The highest BCUT2D eigenvalue weighted by atomic mass is 16.6. The van der Waals surface area contributed by atoms with Gasteiger partial charge in [0, 0.05) is 0 Å². The Labute approximate surface area is 137 Å². The minimum absolute atomic E-state index is 0.298. The molecule has 120 valence electrons. The third kappa shape index (κ3) is 4.13. The maximum absolute atomic E-state index is 12.7. The van der Waals surface area contributed by atoms with Gasteiger partial charge in [0.2, 0.25) is 0 Å². The topological polar surface area (TPSA) is 29.5 Å². The summed E-state index contributed by atoms with van der Waals surface area (Å²) in [4.78, 5) is 14.3. The number of nitrogens with zero attached hydrogens (tertiary/aromatic N) is 1. The Morgan fingerprint density at radius 1 is 0.870 bits per heavy atom. The lowest BCUT2D eigenvalue weighted by Crippen LogP contribution is -2.29. The second-order valence-corrected chi connectivity index (χ2v) is 6.09. The molecule has 2 aromatic rings. The van der Waals surface area contributed by atoms with Crippen LogP contribution in [-0.4, -0.2) is 12.7 Å². The number of rotatable bonds is 4. The van der Waals surface area contributed by atoms with E-state index in [1.54, 1.807) is 4.90 Å². The number of carbonyl (C=O) groups excluding carboxylic acids is 1. The minimum Gasteiger partial charge on any atom is -0.449 e. The molecule has 0 heterocycles. The van der Waals surface area contributed by atoms with Crippen LogP contribution in [0.2, 0.25) is 0 Å². The first-order valence-electron chi connectivity index (χ1n) is 8.41. The van der Waals surface area contributed by atoms with E-state index in [0.29, 0.717) is 12.5 Å². The Balaban J connectivity index is 1.74. The number of benzene rings is 2. The van der Waals surface area contributed by atoms with E-state index >= 15 is 0 Å². The normalized spacial score (nSPS) is 15.1. The summed E-state index contributed by atoms with van der Waals surface area (Å²) in [6.07, 6.45) is 5.86. The number of hydrogen-bond acceptors (Lipinski definition) is 2. The molecule has 1 amide bonds. The first kappa shape index (κ1) is 15.6. The van der Waals surface area contributed by atoms with E-state index in [0.717, 1.165) is 11.4 Å². The molecule has 0 unspecified atom stereocenters. The maximum Gasteiger partial charge on any atom is 0.418 e. The number of carbonyl (C=O) groups is 1. The van der Waals surface area contributed by atoms with Gasteiger partial charge < -0.3 is 4.74 Å². The van der Waals surface area contributed by atoms with E-state index in [1.807, 2.05) is 60.7 Å². The van der Waals surface area contributed by atoms with Crippen molar-refractivity contribution in [1.29, 1.82) is 0 Å². The molecule has 23 heavy (non-hydrogen) atoms. The molecular formula is C20H23NO2. The first-order chi connectivity index (χ1) is 11.3. The third-order valence-corrected chi connectivity index (χ3v) is 4.38. The summed E-state index contributed by atoms with van der Waals surface area (Å²) in [6.45, 7) is 0.523. The summed E-state index contributed by atoms with van der Waals surface area (Å²) >= 11 is 0. The number of para-hydroxylation sites is 2. The van der Waals surface area contributed by atoms with Gasteiger partial charge >= 0.3 is 6.09 Å². The Morgan fingerprint density at radius 2 is 1.39 bits per heavy atom. The van der Waals surface area contributed by atoms with Gasteiger partial charge in [0.15, 0.2) is 0 Å². The highest BCUT2D eigenvalue weighted by molar-refractivity contribution is 5.95. The molecule has 0 bridgehead atoms. The summed E-state index contributed by atoms with van der Waals surface area (Å²) in [5.74, 6) is 0.515. The van der Waals surface area contributed by atoms with Crippen LogP contribution in [0.25, 0.3) is 0 Å². The summed E-state index contributed by atoms with van der Waals surface area (Å²) in [5.41, 5.74) is 1.65. The number of ether oxygens (including phenoxy) is 1. The largest absolute Gasteiger partial charge is 0.449 e. The van der Waals surface area contributed by atoms with Crippen molar-refractivity contribution in [3.05, 3.63) is 60.7 Å². The van der Waals surface area contributed by atoms with Crippen molar-refractivity contribution in [3.63, 3.8) is 0 Å². The van der Waals surface area contributed by atoms with Crippen molar-refractivity contribution in [1.82, 2.24) is 0 Å². The predicted molar refractivity (Wildman–Crippen MR) is 92.9 cm³/mol. The van der Waals surface area contributed by atoms with Crippen LogP contribution in [0.15, 0.2) is 60.7 Å². The minimum atomic E-state index is -0.298. The molecule has 1 fully saturated rings. The van der Waals surface area contributed by atoms with Crippen molar-refractivity contribution >= 4 is 17.5 Å². The van der Waals surface area contributed by atoms with Gasteiger partial charge in [-0.2, -0.15) is 0 Å². The average Bonchev–Trinajstić information content (AvgIpc) is 2.63. The summed E-state index contributed by atoms with van der Waals surface area (Å²) in [7, 11) is 0. The molecule has 0 N–H and O–H groups in total. The summed E-state index contributed by atoms with van der Waals surface area (Å²) < 4.78 is 5.64. The van der Waals surface area contributed by atoms with E-state index in [-0.39, 0.29) is 6.09 Å². The fraction of sp³-hybridized carbons (Fsp3) is 0.350. The fourth-order valence-corrected chi connectivity index (χ4v) is 3.12. The average molecular weight is 309 g/mol. The van der Waals surface area contributed by atoms with Crippen molar-refractivity contribution in [2.45, 2.75) is 32.1 Å². The van der Waals surface area contributed by atoms with Crippen LogP contribution in [0.4, 0.5) is 16.2 Å². The van der Waals surface area contributed by atoms with Gasteiger partial charge in [-0.05, 0) is 43.0 Å². The lowest BCUT2D eigenvalue weighted by atomic mass is 9.90. The van der Waals surface area contributed by atoms with Gasteiger partial charge in [0.05, 0.1) is 18.0 Å². The number of amides is 1. The number of anilines is 2. The van der Waals surface area contributed by atoms with E-state index in [9.17, 15) is 4.79 Å². The van der Waals surface area contributed by atoms with Crippen molar-refractivity contribution in [2.24, 2.45) is 5.92 Å². The van der Waals surface area contributed by atoms with Gasteiger partial charge in [-0.25, -0.2) is 9.69 Å². The maximum atomic E-state index is 12.7. The van der Waals surface area contributed by atoms with Gasteiger partial charge in [-0.15, -0.1) is 0 Å². The lowest BCUT2D eigenvalue weighted by molar-refractivity contribution is 0.124. The first-order valence-corrected chi connectivity index (χ1v) is 8.41. The van der Waals surface area contributed by atoms with E-state index in [4.69, 9.17) is 4.74 Å². The summed E-state index contributed by atoms with van der Waals surface area (Å²) in [6, 6.07) is 19.3. The molecule has 1 aliphatic carbocycles. The third-order valence-electron chi connectivity index (χ3n) is 4.38.